The van der Waals surface area contributed by atoms with Crippen LogP contribution in [0.3, 0.4) is 0 Å². The van der Waals surface area contributed by atoms with Gasteiger partial charge in [0, 0.05) is 16.7 Å². The van der Waals surface area contributed by atoms with E-state index in [-0.39, 0.29) is 6.04 Å². The van der Waals surface area contributed by atoms with Crippen LogP contribution < -0.4 is 10.5 Å². The van der Waals surface area contributed by atoms with E-state index < -0.39 is 0 Å². The van der Waals surface area contributed by atoms with Crippen molar-refractivity contribution >= 4 is 23.4 Å². The van der Waals surface area contributed by atoms with E-state index in [1.54, 1.807) is 18.9 Å². The predicted molar refractivity (Wildman–Crippen MR) is 86.8 cm³/mol. The lowest BCUT2D eigenvalue weighted by Crippen LogP contribution is -2.13. The minimum atomic E-state index is -0.0494. The maximum atomic E-state index is 6.24. The summed E-state index contributed by atoms with van der Waals surface area (Å²) >= 11 is 7.78. The van der Waals surface area contributed by atoms with Gasteiger partial charge in [0.1, 0.15) is 5.75 Å². The van der Waals surface area contributed by atoms with Crippen LogP contribution in [0.4, 0.5) is 0 Å². The number of aryl methyl sites for hydroxylation is 1. The molecule has 2 aromatic rings. The van der Waals surface area contributed by atoms with Crippen molar-refractivity contribution in [3.8, 4) is 5.75 Å². The number of halogens is 1. The molecule has 4 heteroatoms. The van der Waals surface area contributed by atoms with E-state index >= 15 is 0 Å². The van der Waals surface area contributed by atoms with E-state index in [9.17, 15) is 0 Å². The minimum absolute atomic E-state index is 0.0494. The first kappa shape index (κ1) is 15.2. The lowest BCUT2D eigenvalue weighted by Gasteiger charge is -2.14. The van der Waals surface area contributed by atoms with E-state index in [0.717, 1.165) is 11.3 Å². The number of hydrogen-bond donors (Lipinski definition) is 1. The molecule has 0 spiro atoms. The van der Waals surface area contributed by atoms with Crippen molar-refractivity contribution in [1.82, 2.24) is 0 Å². The summed E-state index contributed by atoms with van der Waals surface area (Å²) in [6.07, 6.45) is 0. The lowest BCUT2D eigenvalue weighted by molar-refractivity contribution is 0.414. The molecule has 0 aromatic heterocycles. The molecule has 2 rings (SSSR count). The van der Waals surface area contributed by atoms with Crippen molar-refractivity contribution in [2.75, 3.05) is 12.9 Å². The highest BCUT2D eigenvalue weighted by atomic mass is 35.5. The molecule has 1 unspecified atom stereocenters. The topological polar surface area (TPSA) is 35.2 Å². The summed E-state index contributed by atoms with van der Waals surface area (Å²) in [4.78, 5) is 1.24. The van der Waals surface area contributed by atoms with Crippen LogP contribution in [0.5, 0.6) is 5.75 Å². The second-order valence-electron chi connectivity index (χ2n) is 4.63. The average Bonchev–Trinajstić information content (AvgIpc) is 2.45. The SMILES string of the molecule is COc1cc(C(N)CSc2cccc(C)c2)ccc1Cl. The molecule has 0 saturated heterocycles. The van der Waals surface area contributed by atoms with Gasteiger partial charge in [0.2, 0.25) is 0 Å². The zero-order chi connectivity index (χ0) is 14.5. The fourth-order valence-electron chi connectivity index (χ4n) is 1.89. The molecule has 2 nitrogen and oxygen atoms in total. The Labute approximate surface area is 129 Å². The summed E-state index contributed by atoms with van der Waals surface area (Å²) in [5, 5.41) is 0.606. The third kappa shape index (κ3) is 3.92. The van der Waals surface area contributed by atoms with Crippen molar-refractivity contribution in [3.05, 3.63) is 58.6 Å². The lowest BCUT2D eigenvalue weighted by atomic mass is 10.1. The molecule has 0 radical (unpaired) electrons. The molecular formula is C16H18ClNOS. The van der Waals surface area contributed by atoms with Gasteiger partial charge in [-0.3, -0.25) is 0 Å². The van der Waals surface area contributed by atoms with Crippen LogP contribution in [0.25, 0.3) is 0 Å². The molecule has 1 atom stereocenters. The second kappa shape index (κ2) is 7.02. The monoisotopic (exact) mass is 307 g/mol. The quantitative estimate of drug-likeness (QED) is 0.829. The van der Waals surface area contributed by atoms with Crippen LogP contribution in [0.15, 0.2) is 47.4 Å². The van der Waals surface area contributed by atoms with E-state index in [2.05, 4.69) is 31.2 Å². The van der Waals surface area contributed by atoms with Gasteiger partial charge < -0.3 is 10.5 Å². The highest BCUT2D eigenvalue weighted by Crippen LogP contribution is 2.29. The van der Waals surface area contributed by atoms with Gasteiger partial charge >= 0.3 is 0 Å². The molecule has 0 bridgehead atoms. The number of thioether (sulfide) groups is 1. The molecule has 0 heterocycles. The normalized spacial score (nSPS) is 12.2. The van der Waals surface area contributed by atoms with E-state index in [4.69, 9.17) is 22.1 Å². The Balaban J connectivity index is 2.03. The summed E-state index contributed by atoms with van der Waals surface area (Å²) < 4.78 is 5.22. The zero-order valence-electron chi connectivity index (χ0n) is 11.6. The van der Waals surface area contributed by atoms with Crippen LogP contribution >= 0.6 is 23.4 Å². The summed E-state index contributed by atoms with van der Waals surface area (Å²) in [6.45, 7) is 2.09. The molecule has 0 fully saturated rings. The number of rotatable bonds is 5. The molecule has 2 N–H and O–H groups in total. The molecule has 2 aromatic carbocycles. The number of benzene rings is 2. The Morgan fingerprint density at radius 2 is 2.05 bits per heavy atom. The molecule has 0 aliphatic heterocycles. The van der Waals surface area contributed by atoms with Crippen molar-refractivity contribution in [2.45, 2.75) is 17.9 Å². The van der Waals surface area contributed by atoms with Gasteiger partial charge in [0.05, 0.1) is 12.1 Å². The van der Waals surface area contributed by atoms with Crippen LogP contribution in [0, 0.1) is 6.92 Å². The van der Waals surface area contributed by atoms with Crippen molar-refractivity contribution < 1.29 is 4.74 Å². The number of methoxy groups -OCH3 is 1. The van der Waals surface area contributed by atoms with Gasteiger partial charge in [-0.1, -0.05) is 35.4 Å². The highest BCUT2D eigenvalue weighted by Gasteiger charge is 2.10. The van der Waals surface area contributed by atoms with Crippen LogP contribution in [-0.4, -0.2) is 12.9 Å². The van der Waals surface area contributed by atoms with Crippen molar-refractivity contribution in [3.63, 3.8) is 0 Å². The highest BCUT2D eigenvalue weighted by molar-refractivity contribution is 7.99. The van der Waals surface area contributed by atoms with Crippen LogP contribution in [-0.2, 0) is 0 Å². The van der Waals surface area contributed by atoms with Crippen LogP contribution in [0.2, 0.25) is 5.02 Å². The van der Waals surface area contributed by atoms with Gasteiger partial charge in [0.25, 0.3) is 0 Å². The summed E-state index contributed by atoms with van der Waals surface area (Å²) in [7, 11) is 1.61. The maximum Gasteiger partial charge on any atom is 0.137 e. The van der Waals surface area contributed by atoms with Gasteiger partial charge in [0.15, 0.2) is 0 Å². The van der Waals surface area contributed by atoms with Gasteiger partial charge in [-0.15, -0.1) is 11.8 Å². The molecule has 0 amide bonds. The molecular weight excluding hydrogens is 290 g/mol. The first-order chi connectivity index (χ1) is 9.60. The Morgan fingerprint density at radius 1 is 1.25 bits per heavy atom. The van der Waals surface area contributed by atoms with Gasteiger partial charge in [-0.05, 0) is 36.8 Å². The first-order valence-electron chi connectivity index (χ1n) is 6.38. The first-order valence-corrected chi connectivity index (χ1v) is 7.75. The summed E-state index contributed by atoms with van der Waals surface area (Å²) in [5.41, 5.74) is 8.53. The summed E-state index contributed by atoms with van der Waals surface area (Å²) in [5.74, 6) is 1.48. The molecule has 0 saturated carbocycles. The Hall–Kier alpha value is -1.16. The third-order valence-electron chi connectivity index (χ3n) is 3.02. The largest absolute Gasteiger partial charge is 0.495 e. The fraction of sp³-hybridized carbons (Fsp3) is 0.250. The number of nitrogens with two attached hydrogens (primary N) is 1. The Kier molecular flexibility index (Phi) is 5.35. The van der Waals surface area contributed by atoms with E-state index in [0.29, 0.717) is 10.8 Å². The fourth-order valence-corrected chi connectivity index (χ4v) is 3.10. The van der Waals surface area contributed by atoms with Crippen LogP contribution in [0.1, 0.15) is 17.2 Å². The van der Waals surface area contributed by atoms with Gasteiger partial charge in [-0.25, -0.2) is 0 Å². The molecule has 0 aliphatic carbocycles. The predicted octanol–water partition coefficient (Wildman–Crippen LogP) is 4.45. The Bertz CT molecular complexity index is 588. The third-order valence-corrected chi connectivity index (χ3v) is 4.45. The average molecular weight is 308 g/mol. The minimum Gasteiger partial charge on any atom is -0.495 e. The number of ether oxygens (including phenoxy) is 1. The standard InChI is InChI=1S/C16H18ClNOS/c1-11-4-3-5-13(8-11)20-10-15(18)12-6-7-14(17)16(9-12)19-2/h3-9,15H,10,18H2,1-2H3. The Morgan fingerprint density at radius 3 is 2.75 bits per heavy atom. The second-order valence-corrected chi connectivity index (χ2v) is 6.13. The maximum absolute atomic E-state index is 6.24. The van der Waals surface area contributed by atoms with E-state index in [1.807, 2.05) is 18.2 Å². The van der Waals surface area contributed by atoms with E-state index in [1.165, 1.54) is 10.5 Å². The summed E-state index contributed by atoms with van der Waals surface area (Å²) in [6, 6.07) is 14.1. The van der Waals surface area contributed by atoms with Gasteiger partial charge in [-0.2, -0.15) is 0 Å². The molecule has 0 aliphatic rings. The molecule has 106 valence electrons. The number of hydrogen-bond acceptors (Lipinski definition) is 3. The molecule has 20 heavy (non-hydrogen) atoms. The van der Waals surface area contributed by atoms with Crippen molar-refractivity contribution in [1.29, 1.82) is 0 Å². The smallest absolute Gasteiger partial charge is 0.137 e. The van der Waals surface area contributed by atoms with Crippen molar-refractivity contribution in [2.24, 2.45) is 5.73 Å². The zero-order valence-corrected chi connectivity index (χ0v) is 13.2.